The highest BCUT2D eigenvalue weighted by molar-refractivity contribution is 5.95. The summed E-state index contributed by atoms with van der Waals surface area (Å²) in [4.78, 5) is 35.9. The van der Waals surface area contributed by atoms with Gasteiger partial charge in [0.15, 0.2) is 0 Å². The molecule has 1 aliphatic heterocycles. The Kier molecular flexibility index (Phi) is 5.92. The molecule has 1 aliphatic rings. The molecule has 0 radical (unpaired) electrons. The van der Waals surface area contributed by atoms with E-state index in [-0.39, 0.29) is 17.7 Å². The number of hydrogen-bond donors (Lipinski definition) is 2. The van der Waals surface area contributed by atoms with E-state index < -0.39 is 0 Å². The van der Waals surface area contributed by atoms with Crippen molar-refractivity contribution in [1.29, 1.82) is 0 Å². The van der Waals surface area contributed by atoms with Crippen LogP contribution in [-0.2, 0) is 6.54 Å². The maximum Gasteiger partial charge on any atom is 0.271 e. The number of methoxy groups -OCH3 is 1. The number of aryl methyl sites for hydroxylation is 1. The first-order valence-corrected chi connectivity index (χ1v) is 10.1. The highest BCUT2D eigenvalue weighted by Gasteiger charge is 2.30. The van der Waals surface area contributed by atoms with Gasteiger partial charge in [-0.25, -0.2) is 9.97 Å². The summed E-state index contributed by atoms with van der Waals surface area (Å²) >= 11 is 0. The first kappa shape index (κ1) is 20.5. The second-order valence-corrected chi connectivity index (χ2v) is 7.47. The number of aromatic nitrogens is 4. The van der Waals surface area contributed by atoms with E-state index in [4.69, 9.17) is 4.74 Å². The van der Waals surface area contributed by atoms with Crippen LogP contribution in [-0.4, -0.2) is 57.1 Å². The number of ether oxygens (including phenoxy) is 1. The van der Waals surface area contributed by atoms with E-state index in [1.165, 1.54) is 0 Å². The minimum absolute atomic E-state index is 0.0412. The van der Waals surface area contributed by atoms with E-state index in [1.54, 1.807) is 37.4 Å². The van der Waals surface area contributed by atoms with Gasteiger partial charge in [0.1, 0.15) is 17.3 Å². The molecule has 3 heterocycles. The molecule has 0 aliphatic carbocycles. The minimum atomic E-state index is -0.227. The van der Waals surface area contributed by atoms with Crippen LogP contribution >= 0.6 is 0 Å². The van der Waals surface area contributed by atoms with Gasteiger partial charge in [0.2, 0.25) is 0 Å². The molecule has 2 amide bonds. The zero-order chi connectivity index (χ0) is 21.8. The standard InChI is InChI=1S/C22H24N6O3/c1-14-18(21(29)24-11-15-4-3-5-17(10-15)31-2)12-23-20(26-14)16-7-9-28(13-16)22(30)19-6-8-25-27-19/h3-6,8,10,12,16H,7,9,11,13H2,1-2H3,(H,24,29)(H,25,27)/t16-/m1/s1. The van der Waals surface area contributed by atoms with Crippen LogP contribution in [0.2, 0.25) is 0 Å². The Balaban J connectivity index is 1.38. The number of nitrogens with one attached hydrogen (secondary N) is 2. The quantitative estimate of drug-likeness (QED) is 0.631. The van der Waals surface area contributed by atoms with Crippen LogP contribution in [0.4, 0.5) is 0 Å². The van der Waals surface area contributed by atoms with E-state index in [0.29, 0.717) is 42.4 Å². The third-order valence-corrected chi connectivity index (χ3v) is 5.40. The molecule has 2 N–H and O–H groups in total. The molecule has 0 unspecified atom stereocenters. The molecule has 0 bridgehead atoms. The SMILES string of the molecule is COc1cccc(CNC(=O)c2cnc([C@@H]3CCN(C(=O)c4ccn[nH]4)C3)nc2C)c1. The van der Waals surface area contributed by atoms with E-state index in [1.807, 2.05) is 24.3 Å². The van der Waals surface area contributed by atoms with Crippen molar-refractivity contribution in [2.75, 3.05) is 20.2 Å². The molecule has 3 aromatic rings. The molecule has 1 saturated heterocycles. The molecular weight excluding hydrogens is 396 g/mol. The summed E-state index contributed by atoms with van der Waals surface area (Å²) in [6.45, 7) is 3.35. The predicted molar refractivity (Wildman–Crippen MR) is 113 cm³/mol. The molecule has 2 aromatic heterocycles. The zero-order valence-electron chi connectivity index (χ0n) is 17.5. The Bertz CT molecular complexity index is 1080. The largest absolute Gasteiger partial charge is 0.497 e. The van der Waals surface area contributed by atoms with Crippen LogP contribution in [0.15, 0.2) is 42.7 Å². The molecular formula is C22H24N6O3. The van der Waals surface area contributed by atoms with Crippen LogP contribution in [0.3, 0.4) is 0 Å². The average Bonchev–Trinajstić information content (AvgIpc) is 3.50. The van der Waals surface area contributed by atoms with Gasteiger partial charge < -0.3 is 15.0 Å². The highest BCUT2D eigenvalue weighted by Crippen LogP contribution is 2.26. The second-order valence-electron chi connectivity index (χ2n) is 7.47. The first-order valence-electron chi connectivity index (χ1n) is 10.1. The zero-order valence-corrected chi connectivity index (χ0v) is 17.5. The van der Waals surface area contributed by atoms with E-state index >= 15 is 0 Å². The van der Waals surface area contributed by atoms with Crippen molar-refractivity contribution in [3.8, 4) is 5.75 Å². The molecule has 1 fully saturated rings. The predicted octanol–water partition coefficient (Wildman–Crippen LogP) is 2.08. The number of H-pyrrole nitrogens is 1. The van der Waals surface area contributed by atoms with Crippen molar-refractivity contribution in [3.05, 3.63) is 71.1 Å². The summed E-state index contributed by atoms with van der Waals surface area (Å²) in [6, 6.07) is 9.20. The lowest BCUT2D eigenvalue weighted by Crippen LogP contribution is -2.29. The molecule has 0 saturated carbocycles. The monoisotopic (exact) mass is 420 g/mol. The molecule has 31 heavy (non-hydrogen) atoms. The van der Waals surface area contributed by atoms with Crippen LogP contribution in [0.25, 0.3) is 0 Å². The molecule has 9 heteroatoms. The normalized spacial score (nSPS) is 15.7. The Morgan fingerprint density at radius 2 is 2.19 bits per heavy atom. The van der Waals surface area contributed by atoms with Gasteiger partial charge in [-0.05, 0) is 37.1 Å². The molecule has 1 atom stereocenters. The summed E-state index contributed by atoms with van der Waals surface area (Å²) in [5, 5.41) is 9.43. The highest BCUT2D eigenvalue weighted by atomic mass is 16.5. The van der Waals surface area contributed by atoms with Gasteiger partial charge in [-0.2, -0.15) is 5.10 Å². The summed E-state index contributed by atoms with van der Waals surface area (Å²) in [5.74, 6) is 1.13. The number of nitrogens with zero attached hydrogens (tertiary/aromatic N) is 4. The average molecular weight is 420 g/mol. The van der Waals surface area contributed by atoms with Crippen LogP contribution < -0.4 is 10.1 Å². The number of rotatable bonds is 6. The van der Waals surface area contributed by atoms with Gasteiger partial charge in [0.05, 0.1) is 18.4 Å². The number of carbonyl (C=O) groups excluding carboxylic acids is 2. The van der Waals surface area contributed by atoms with Crippen molar-refractivity contribution in [1.82, 2.24) is 30.4 Å². The number of benzene rings is 1. The Morgan fingerprint density at radius 3 is 2.94 bits per heavy atom. The van der Waals surface area contributed by atoms with Gasteiger partial charge in [-0.1, -0.05) is 12.1 Å². The van der Waals surface area contributed by atoms with Gasteiger partial charge in [0, 0.05) is 37.9 Å². The van der Waals surface area contributed by atoms with Crippen molar-refractivity contribution in [3.63, 3.8) is 0 Å². The topological polar surface area (TPSA) is 113 Å². The summed E-state index contributed by atoms with van der Waals surface area (Å²) in [5.41, 5.74) is 2.47. The maximum atomic E-state index is 12.6. The Hall–Kier alpha value is -3.75. The third-order valence-electron chi connectivity index (χ3n) is 5.40. The molecule has 9 nitrogen and oxygen atoms in total. The fourth-order valence-electron chi connectivity index (χ4n) is 3.67. The molecule has 0 spiro atoms. The summed E-state index contributed by atoms with van der Waals surface area (Å²) < 4.78 is 5.21. The van der Waals surface area contributed by atoms with Crippen molar-refractivity contribution in [2.24, 2.45) is 0 Å². The first-order chi connectivity index (χ1) is 15.0. The van der Waals surface area contributed by atoms with Crippen molar-refractivity contribution < 1.29 is 14.3 Å². The number of carbonyl (C=O) groups is 2. The number of amides is 2. The van der Waals surface area contributed by atoms with Crippen LogP contribution in [0, 0.1) is 6.92 Å². The van der Waals surface area contributed by atoms with E-state index in [0.717, 1.165) is 17.7 Å². The number of aromatic amines is 1. The smallest absolute Gasteiger partial charge is 0.271 e. The number of likely N-dealkylation sites (tertiary alicyclic amines) is 1. The third kappa shape index (κ3) is 4.55. The van der Waals surface area contributed by atoms with Crippen molar-refractivity contribution >= 4 is 11.8 Å². The lowest BCUT2D eigenvalue weighted by atomic mass is 10.1. The van der Waals surface area contributed by atoms with Gasteiger partial charge in [0.25, 0.3) is 11.8 Å². The Morgan fingerprint density at radius 1 is 1.32 bits per heavy atom. The van der Waals surface area contributed by atoms with E-state index in [2.05, 4.69) is 25.5 Å². The van der Waals surface area contributed by atoms with Gasteiger partial charge in [-0.15, -0.1) is 0 Å². The second kappa shape index (κ2) is 8.95. The lowest BCUT2D eigenvalue weighted by Gasteiger charge is -2.15. The van der Waals surface area contributed by atoms with E-state index in [9.17, 15) is 9.59 Å². The summed E-state index contributed by atoms with van der Waals surface area (Å²) in [6.07, 6.45) is 3.91. The maximum absolute atomic E-state index is 12.6. The lowest BCUT2D eigenvalue weighted by molar-refractivity contribution is 0.0784. The van der Waals surface area contributed by atoms with Gasteiger partial charge >= 0.3 is 0 Å². The fraction of sp³-hybridized carbons (Fsp3) is 0.318. The molecule has 4 rings (SSSR count). The number of hydrogen-bond acceptors (Lipinski definition) is 6. The molecule has 1 aromatic carbocycles. The van der Waals surface area contributed by atoms with Crippen molar-refractivity contribution in [2.45, 2.75) is 25.8 Å². The fourth-order valence-corrected chi connectivity index (χ4v) is 3.67. The molecule has 160 valence electrons. The Labute approximate surface area is 179 Å². The van der Waals surface area contributed by atoms with Crippen LogP contribution in [0.5, 0.6) is 5.75 Å². The van der Waals surface area contributed by atoms with Gasteiger partial charge in [-0.3, -0.25) is 14.7 Å². The van der Waals surface area contributed by atoms with Crippen LogP contribution in [0.1, 0.15) is 50.3 Å². The minimum Gasteiger partial charge on any atom is -0.497 e. The summed E-state index contributed by atoms with van der Waals surface area (Å²) in [7, 11) is 1.61.